The van der Waals surface area contributed by atoms with Crippen LogP contribution in [0.25, 0.3) is 11.3 Å². The highest BCUT2D eigenvalue weighted by Crippen LogP contribution is 2.33. The van der Waals surface area contributed by atoms with Crippen LogP contribution >= 0.6 is 11.3 Å². The zero-order valence-electron chi connectivity index (χ0n) is 17.0. The second kappa shape index (κ2) is 8.76. The first-order valence-corrected chi connectivity index (χ1v) is 11.0. The van der Waals surface area contributed by atoms with E-state index in [1.165, 1.54) is 23.5 Å². The first-order valence-electron chi connectivity index (χ1n) is 10.1. The van der Waals surface area contributed by atoms with E-state index in [1.54, 1.807) is 24.5 Å². The third kappa shape index (κ3) is 4.31. The van der Waals surface area contributed by atoms with Gasteiger partial charge in [0, 0.05) is 23.7 Å². The van der Waals surface area contributed by atoms with Crippen molar-refractivity contribution in [3.8, 4) is 17.0 Å². The van der Waals surface area contributed by atoms with Gasteiger partial charge in [0.2, 0.25) is 0 Å². The van der Waals surface area contributed by atoms with Crippen molar-refractivity contribution in [2.45, 2.75) is 13.0 Å². The number of pyridine rings is 1. The van der Waals surface area contributed by atoms with Gasteiger partial charge in [0.05, 0.1) is 23.3 Å². The number of rotatable bonds is 5. The molecule has 5 rings (SSSR count). The summed E-state index contributed by atoms with van der Waals surface area (Å²) in [6, 6.07) is 16.0. The Hall–Kier alpha value is -3.78. The van der Waals surface area contributed by atoms with Crippen molar-refractivity contribution in [3.05, 3.63) is 88.6 Å². The van der Waals surface area contributed by atoms with E-state index < -0.39 is 0 Å². The highest BCUT2D eigenvalue weighted by molar-refractivity contribution is 7.07. The van der Waals surface area contributed by atoms with E-state index in [0.29, 0.717) is 18.0 Å². The summed E-state index contributed by atoms with van der Waals surface area (Å²) >= 11 is 1.53. The fraction of sp³-hybridized carbons (Fsp3) is 0.125. The molecule has 0 radical (unpaired) electrons. The zero-order chi connectivity index (χ0) is 21.9. The Kier molecular flexibility index (Phi) is 5.51. The number of carbonyl (C=O) groups excluding carboxylic acids is 1. The SMILES string of the molecule is O=C1COc2ccc(-c3csc(=Nc4cccnc4)n3CCc3ccc(F)cc3)cc2N1. The molecule has 1 aliphatic heterocycles. The molecule has 1 aliphatic rings. The van der Waals surface area contributed by atoms with Gasteiger partial charge in [-0.15, -0.1) is 11.3 Å². The average molecular weight is 447 g/mol. The Bertz CT molecular complexity index is 1330. The molecular weight excluding hydrogens is 427 g/mol. The van der Waals surface area contributed by atoms with Crippen molar-refractivity contribution in [2.24, 2.45) is 4.99 Å². The van der Waals surface area contributed by atoms with E-state index in [2.05, 4.69) is 14.9 Å². The zero-order valence-corrected chi connectivity index (χ0v) is 17.8. The summed E-state index contributed by atoms with van der Waals surface area (Å²) in [7, 11) is 0. The highest BCUT2D eigenvalue weighted by Gasteiger charge is 2.18. The molecule has 0 unspecified atom stereocenters. The number of anilines is 1. The first kappa shape index (κ1) is 20.1. The maximum Gasteiger partial charge on any atom is 0.262 e. The molecule has 1 N–H and O–H groups in total. The van der Waals surface area contributed by atoms with E-state index in [1.807, 2.05) is 35.7 Å². The van der Waals surface area contributed by atoms with Crippen molar-refractivity contribution in [3.63, 3.8) is 0 Å². The minimum atomic E-state index is -0.247. The number of hydrogen-bond donors (Lipinski definition) is 1. The lowest BCUT2D eigenvalue weighted by atomic mass is 10.1. The number of ether oxygens (including phenoxy) is 1. The number of fused-ring (bicyclic) bond motifs is 1. The number of aryl methyl sites for hydroxylation is 1. The summed E-state index contributed by atoms with van der Waals surface area (Å²) in [4.78, 5) is 21.5. The van der Waals surface area contributed by atoms with Crippen LogP contribution in [-0.2, 0) is 17.8 Å². The van der Waals surface area contributed by atoms with Gasteiger partial charge in [0.15, 0.2) is 11.4 Å². The predicted molar refractivity (Wildman–Crippen MR) is 121 cm³/mol. The van der Waals surface area contributed by atoms with Gasteiger partial charge in [-0.1, -0.05) is 12.1 Å². The number of nitrogens with one attached hydrogen (secondary N) is 1. The minimum Gasteiger partial charge on any atom is -0.482 e. The lowest BCUT2D eigenvalue weighted by Gasteiger charge is -2.19. The van der Waals surface area contributed by atoms with Crippen LogP contribution in [-0.4, -0.2) is 22.1 Å². The summed E-state index contributed by atoms with van der Waals surface area (Å²) in [6.07, 6.45) is 4.15. The number of carbonyl (C=O) groups is 1. The maximum absolute atomic E-state index is 13.3. The Balaban J connectivity index is 1.55. The Labute approximate surface area is 187 Å². The van der Waals surface area contributed by atoms with Gasteiger partial charge in [-0.25, -0.2) is 9.38 Å². The molecule has 0 saturated heterocycles. The normalized spacial score (nSPS) is 13.4. The molecule has 0 spiro atoms. The second-order valence-electron chi connectivity index (χ2n) is 7.30. The van der Waals surface area contributed by atoms with Crippen LogP contribution in [0.3, 0.4) is 0 Å². The molecule has 0 aliphatic carbocycles. The molecule has 1 amide bonds. The van der Waals surface area contributed by atoms with Crippen LogP contribution in [0, 0.1) is 5.82 Å². The molecule has 0 saturated carbocycles. The predicted octanol–water partition coefficient (Wildman–Crippen LogP) is 4.56. The largest absolute Gasteiger partial charge is 0.482 e. The van der Waals surface area contributed by atoms with E-state index in [-0.39, 0.29) is 18.3 Å². The van der Waals surface area contributed by atoms with Crippen LogP contribution in [0.15, 0.2) is 77.4 Å². The van der Waals surface area contributed by atoms with Crippen molar-refractivity contribution in [1.82, 2.24) is 9.55 Å². The number of benzene rings is 2. The van der Waals surface area contributed by atoms with Gasteiger partial charge >= 0.3 is 0 Å². The number of thiazole rings is 1. The van der Waals surface area contributed by atoms with Crippen molar-refractivity contribution >= 4 is 28.6 Å². The van der Waals surface area contributed by atoms with Gasteiger partial charge in [-0.05, 0) is 54.4 Å². The third-order valence-electron chi connectivity index (χ3n) is 5.11. The van der Waals surface area contributed by atoms with Gasteiger partial charge in [0.25, 0.3) is 5.91 Å². The lowest BCUT2D eigenvalue weighted by molar-refractivity contribution is -0.118. The molecule has 32 heavy (non-hydrogen) atoms. The number of amides is 1. The summed E-state index contributed by atoms with van der Waals surface area (Å²) < 4.78 is 20.9. The first-order chi connectivity index (χ1) is 15.7. The van der Waals surface area contributed by atoms with Crippen LogP contribution in [0.5, 0.6) is 5.75 Å². The summed E-state index contributed by atoms with van der Waals surface area (Å²) in [5.41, 5.74) is 4.37. The third-order valence-corrected chi connectivity index (χ3v) is 5.98. The summed E-state index contributed by atoms with van der Waals surface area (Å²) in [5.74, 6) is 0.237. The van der Waals surface area contributed by atoms with Crippen molar-refractivity contribution < 1.29 is 13.9 Å². The standard InChI is InChI=1S/C24H19FN4O2S/c25-18-6-3-16(4-7-18)9-11-29-21(15-32-24(29)27-19-2-1-10-26-13-19)17-5-8-22-20(12-17)28-23(30)14-31-22/h1-8,10,12-13,15H,9,11,14H2,(H,28,30). The molecule has 0 fully saturated rings. The van der Waals surface area contributed by atoms with Gasteiger partial charge in [-0.2, -0.15) is 0 Å². The molecule has 8 heteroatoms. The molecule has 2 aromatic heterocycles. The Morgan fingerprint density at radius 2 is 2.06 bits per heavy atom. The smallest absolute Gasteiger partial charge is 0.262 e. The van der Waals surface area contributed by atoms with Crippen LogP contribution in [0.1, 0.15) is 5.56 Å². The van der Waals surface area contributed by atoms with E-state index in [9.17, 15) is 9.18 Å². The molecular formula is C24H19FN4O2S. The van der Waals surface area contributed by atoms with Crippen LogP contribution < -0.4 is 14.9 Å². The molecule has 4 aromatic rings. The molecule has 6 nitrogen and oxygen atoms in total. The number of hydrogen-bond acceptors (Lipinski definition) is 5. The van der Waals surface area contributed by atoms with E-state index >= 15 is 0 Å². The molecule has 0 bridgehead atoms. The number of halogens is 1. The van der Waals surface area contributed by atoms with Crippen LogP contribution in [0.2, 0.25) is 0 Å². The fourth-order valence-corrected chi connectivity index (χ4v) is 4.49. The Morgan fingerprint density at radius 3 is 2.88 bits per heavy atom. The topological polar surface area (TPSA) is 68.5 Å². The van der Waals surface area contributed by atoms with E-state index in [0.717, 1.165) is 33.7 Å². The monoisotopic (exact) mass is 446 g/mol. The van der Waals surface area contributed by atoms with Crippen molar-refractivity contribution in [2.75, 3.05) is 11.9 Å². The Morgan fingerprint density at radius 1 is 1.19 bits per heavy atom. The molecule has 160 valence electrons. The summed E-state index contributed by atoms with van der Waals surface area (Å²) in [5, 5.41) is 4.91. The van der Waals surface area contributed by atoms with Crippen LogP contribution in [0.4, 0.5) is 15.8 Å². The highest BCUT2D eigenvalue weighted by atomic mass is 32.1. The second-order valence-corrected chi connectivity index (χ2v) is 8.14. The number of aromatic nitrogens is 2. The molecule has 2 aromatic carbocycles. The fourth-order valence-electron chi connectivity index (χ4n) is 3.53. The maximum atomic E-state index is 13.3. The van der Waals surface area contributed by atoms with Crippen molar-refractivity contribution in [1.29, 1.82) is 0 Å². The molecule has 3 heterocycles. The van der Waals surface area contributed by atoms with E-state index in [4.69, 9.17) is 9.73 Å². The number of nitrogens with zero attached hydrogens (tertiary/aromatic N) is 3. The van der Waals surface area contributed by atoms with Gasteiger partial charge in [0.1, 0.15) is 11.6 Å². The van der Waals surface area contributed by atoms with Gasteiger partial charge in [-0.3, -0.25) is 9.78 Å². The van der Waals surface area contributed by atoms with Gasteiger partial charge < -0.3 is 14.6 Å². The average Bonchev–Trinajstić information content (AvgIpc) is 3.21. The minimum absolute atomic E-state index is 0.0244. The quantitative estimate of drug-likeness (QED) is 0.489. The summed E-state index contributed by atoms with van der Waals surface area (Å²) in [6.45, 7) is 0.681. The molecule has 0 atom stereocenters. The lowest BCUT2D eigenvalue weighted by Crippen LogP contribution is -2.25.